The van der Waals surface area contributed by atoms with Gasteiger partial charge in [-0.15, -0.1) is 0 Å². The number of nitrogens with zero attached hydrogens (tertiary/aromatic N) is 5. The summed E-state index contributed by atoms with van der Waals surface area (Å²) in [7, 11) is -3.39. The first-order valence-corrected chi connectivity index (χ1v) is 8.89. The maximum atomic E-state index is 12.3. The normalized spacial score (nSPS) is 18.9. The van der Waals surface area contributed by atoms with Crippen molar-refractivity contribution in [1.29, 1.82) is 0 Å². The van der Waals surface area contributed by atoms with Crippen molar-refractivity contribution in [2.45, 2.75) is 18.9 Å². The minimum atomic E-state index is -3.39. The van der Waals surface area contributed by atoms with Crippen LogP contribution in [0.2, 0.25) is 0 Å². The fraction of sp³-hybridized carbons (Fsp3) is 0.385. The number of carbonyl (C=O) groups is 1. The Morgan fingerprint density at radius 3 is 2.83 bits per heavy atom. The fourth-order valence-corrected chi connectivity index (χ4v) is 3.67. The predicted molar refractivity (Wildman–Crippen MR) is 82.4 cm³/mol. The molecule has 0 aromatic carbocycles. The Bertz CT molecular complexity index is 788. The first-order valence-electron chi connectivity index (χ1n) is 7.04. The summed E-state index contributed by atoms with van der Waals surface area (Å²) in [5, 5.41) is 6.67. The monoisotopic (exact) mass is 336 g/mol. The molecule has 1 saturated heterocycles. The van der Waals surface area contributed by atoms with E-state index in [1.54, 1.807) is 12.1 Å². The average Bonchev–Trinajstić information content (AvgIpc) is 3.19. The number of pyridine rings is 1. The van der Waals surface area contributed by atoms with Crippen LogP contribution in [-0.2, 0) is 14.8 Å². The molecule has 0 aliphatic carbocycles. The summed E-state index contributed by atoms with van der Waals surface area (Å²) in [6.07, 6.45) is 6.72. The van der Waals surface area contributed by atoms with Gasteiger partial charge in [-0.2, -0.15) is 9.40 Å². The van der Waals surface area contributed by atoms with Crippen LogP contribution in [0.25, 0.3) is 5.82 Å². The zero-order valence-corrected chi connectivity index (χ0v) is 13.3. The number of aromatic nitrogens is 4. The van der Waals surface area contributed by atoms with E-state index in [1.165, 1.54) is 27.8 Å². The highest BCUT2D eigenvalue weighted by Gasteiger charge is 2.36. The van der Waals surface area contributed by atoms with Gasteiger partial charge in [0.1, 0.15) is 18.7 Å². The smallest absolute Gasteiger partial charge is 0.242 e. The summed E-state index contributed by atoms with van der Waals surface area (Å²) < 4.78 is 26.1. The molecule has 9 nitrogen and oxygen atoms in total. The number of hydrogen-bond acceptors (Lipinski definition) is 6. The van der Waals surface area contributed by atoms with Crippen LogP contribution in [-0.4, -0.2) is 57.2 Å². The van der Waals surface area contributed by atoms with Gasteiger partial charge in [-0.3, -0.25) is 4.79 Å². The standard InChI is InChI=1S/C13H16N6O3S/c1-23(21,22)19-6-2-3-11(19)13(20)17-10-4-5-12(15-7-10)18-9-14-8-16-18/h4-5,7-9,11H,2-3,6H2,1H3,(H,17,20). The summed E-state index contributed by atoms with van der Waals surface area (Å²) in [5.41, 5.74) is 0.499. The number of amides is 1. The lowest BCUT2D eigenvalue weighted by Crippen LogP contribution is -2.42. The van der Waals surface area contributed by atoms with Crippen molar-refractivity contribution in [2.75, 3.05) is 18.1 Å². The lowest BCUT2D eigenvalue weighted by molar-refractivity contribution is -0.119. The molecule has 0 spiro atoms. The number of anilines is 1. The lowest BCUT2D eigenvalue weighted by atomic mass is 10.2. The summed E-state index contributed by atoms with van der Waals surface area (Å²) in [5.74, 6) is 0.224. The molecule has 3 rings (SSSR count). The molecule has 23 heavy (non-hydrogen) atoms. The second kappa shape index (κ2) is 6.05. The van der Waals surface area contributed by atoms with Crippen LogP contribution in [0, 0.1) is 0 Å². The van der Waals surface area contributed by atoms with Gasteiger partial charge in [0.25, 0.3) is 0 Å². The quantitative estimate of drug-likeness (QED) is 0.843. The van der Waals surface area contributed by atoms with Crippen molar-refractivity contribution in [3.05, 3.63) is 31.0 Å². The van der Waals surface area contributed by atoms with Gasteiger partial charge in [0.05, 0.1) is 18.1 Å². The van der Waals surface area contributed by atoms with Crippen LogP contribution >= 0.6 is 0 Å². The van der Waals surface area contributed by atoms with Crippen molar-refractivity contribution in [2.24, 2.45) is 0 Å². The molecule has 1 atom stereocenters. The molecule has 1 unspecified atom stereocenters. The Labute approximate surface area is 133 Å². The first kappa shape index (κ1) is 15.6. The van der Waals surface area contributed by atoms with Crippen molar-refractivity contribution >= 4 is 21.6 Å². The lowest BCUT2D eigenvalue weighted by Gasteiger charge is -2.21. The van der Waals surface area contributed by atoms with Gasteiger partial charge in [0.15, 0.2) is 5.82 Å². The highest BCUT2D eigenvalue weighted by Crippen LogP contribution is 2.21. The third kappa shape index (κ3) is 3.37. The van der Waals surface area contributed by atoms with Crippen molar-refractivity contribution in [3.63, 3.8) is 0 Å². The minimum Gasteiger partial charge on any atom is -0.323 e. The highest BCUT2D eigenvalue weighted by atomic mass is 32.2. The molecule has 122 valence electrons. The number of carbonyl (C=O) groups excluding carboxylic acids is 1. The second-order valence-electron chi connectivity index (χ2n) is 5.27. The average molecular weight is 336 g/mol. The summed E-state index contributed by atoms with van der Waals surface area (Å²) >= 11 is 0. The van der Waals surface area contributed by atoms with E-state index in [0.717, 1.165) is 6.26 Å². The Morgan fingerprint density at radius 1 is 1.39 bits per heavy atom. The zero-order valence-electron chi connectivity index (χ0n) is 12.5. The Balaban J connectivity index is 1.70. The molecule has 1 N–H and O–H groups in total. The van der Waals surface area contributed by atoms with Gasteiger partial charge < -0.3 is 5.32 Å². The van der Waals surface area contributed by atoms with E-state index in [1.807, 2.05) is 0 Å². The van der Waals surface area contributed by atoms with E-state index < -0.39 is 16.1 Å². The molecule has 0 radical (unpaired) electrons. The fourth-order valence-electron chi connectivity index (χ4n) is 2.55. The van der Waals surface area contributed by atoms with Gasteiger partial charge >= 0.3 is 0 Å². The van der Waals surface area contributed by atoms with Crippen molar-refractivity contribution < 1.29 is 13.2 Å². The molecule has 1 aliphatic rings. The van der Waals surface area contributed by atoms with E-state index in [2.05, 4.69) is 20.4 Å². The number of rotatable bonds is 4. The molecule has 0 saturated carbocycles. The van der Waals surface area contributed by atoms with Crippen LogP contribution in [0.4, 0.5) is 5.69 Å². The van der Waals surface area contributed by atoms with Crippen LogP contribution in [0.3, 0.4) is 0 Å². The molecule has 0 bridgehead atoms. The SMILES string of the molecule is CS(=O)(=O)N1CCCC1C(=O)Nc1ccc(-n2cncn2)nc1. The van der Waals surface area contributed by atoms with Crippen LogP contribution in [0.5, 0.6) is 0 Å². The Hall–Kier alpha value is -2.33. The number of hydrogen-bond donors (Lipinski definition) is 1. The van der Waals surface area contributed by atoms with Gasteiger partial charge in [-0.05, 0) is 25.0 Å². The van der Waals surface area contributed by atoms with Gasteiger partial charge in [-0.25, -0.2) is 23.1 Å². The zero-order chi connectivity index (χ0) is 16.4. The molecular weight excluding hydrogens is 320 g/mol. The highest BCUT2D eigenvalue weighted by molar-refractivity contribution is 7.88. The van der Waals surface area contributed by atoms with Crippen molar-refractivity contribution in [3.8, 4) is 5.82 Å². The third-order valence-corrected chi connectivity index (χ3v) is 4.89. The summed E-state index contributed by atoms with van der Waals surface area (Å²) in [6.45, 7) is 0.375. The Morgan fingerprint density at radius 2 is 2.22 bits per heavy atom. The van der Waals surface area contributed by atoms with Gasteiger partial charge in [-0.1, -0.05) is 0 Å². The molecule has 3 heterocycles. The van der Waals surface area contributed by atoms with Crippen LogP contribution < -0.4 is 5.32 Å². The van der Waals surface area contributed by atoms with Crippen LogP contribution in [0.1, 0.15) is 12.8 Å². The topological polar surface area (TPSA) is 110 Å². The molecule has 2 aromatic rings. The van der Waals surface area contributed by atoms with Gasteiger partial charge in [0.2, 0.25) is 15.9 Å². The van der Waals surface area contributed by atoms with E-state index in [4.69, 9.17) is 0 Å². The number of sulfonamides is 1. The molecule has 1 fully saturated rings. The Kier molecular flexibility index (Phi) is 4.09. The van der Waals surface area contributed by atoms with Gasteiger partial charge in [0, 0.05) is 6.54 Å². The largest absolute Gasteiger partial charge is 0.323 e. The van der Waals surface area contributed by atoms with E-state index in [-0.39, 0.29) is 5.91 Å². The van der Waals surface area contributed by atoms with E-state index in [9.17, 15) is 13.2 Å². The third-order valence-electron chi connectivity index (χ3n) is 3.60. The molecular formula is C13H16N6O3S. The second-order valence-corrected chi connectivity index (χ2v) is 7.20. The van der Waals surface area contributed by atoms with Crippen molar-refractivity contribution in [1.82, 2.24) is 24.1 Å². The van der Waals surface area contributed by atoms with E-state index in [0.29, 0.717) is 30.9 Å². The maximum Gasteiger partial charge on any atom is 0.242 e. The number of nitrogens with one attached hydrogen (secondary N) is 1. The molecule has 2 aromatic heterocycles. The molecule has 1 amide bonds. The summed E-state index contributed by atoms with van der Waals surface area (Å²) in [4.78, 5) is 20.3. The molecule has 10 heteroatoms. The molecule has 1 aliphatic heterocycles. The first-order chi connectivity index (χ1) is 10.9. The minimum absolute atomic E-state index is 0.344. The van der Waals surface area contributed by atoms with Crippen LogP contribution in [0.15, 0.2) is 31.0 Å². The van der Waals surface area contributed by atoms with E-state index >= 15 is 0 Å². The summed E-state index contributed by atoms with van der Waals surface area (Å²) in [6, 6.07) is 2.70. The predicted octanol–water partition coefficient (Wildman–Crippen LogP) is 0.0248. The maximum absolute atomic E-state index is 12.3.